The molecule has 0 saturated heterocycles. The van der Waals surface area contributed by atoms with Crippen molar-refractivity contribution in [1.82, 2.24) is 4.57 Å². The molecule has 0 aromatic carbocycles. The lowest BCUT2D eigenvalue weighted by molar-refractivity contribution is -0.674. The van der Waals surface area contributed by atoms with Crippen LogP contribution < -0.4 is 9.67 Å². The van der Waals surface area contributed by atoms with Crippen LogP contribution in [0.3, 0.4) is 0 Å². The first-order valence-electron chi connectivity index (χ1n) is 4.39. The van der Waals surface area contributed by atoms with Gasteiger partial charge in [0.25, 0.3) is 5.82 Å². The first-order chi connectivity index (χ1) is 6.16. The molecule has 0 N–H and O–H groups in total. The van der Waals surface area contributed by atoms with E-state index in [2.05, 4.69) is 4.99 Å². The number of hydrogen-bond donors (Lipinski definition) is 0. The third-order valence-corrected chi connectivity index (χ3v) is 1.85. The molecule has 1 aromatic rings. The molecule has 0 radical (unpaired) electrons. The standard InChI is InChI=1S/C9H15N3O/c1-4-5-10-8(13)9-11(2)6-7-12(9)3/h6-7H,4-5H2,1-3H3. The molecule has 0 saturated carbocycles. The lowest BCUT2D eigenvalue weighted by Crippen LogP contribution is -2.40. The molecule has 0 amide bonds. The van der Waals surface area contributed by atoms with Gasteiger partial charge >= 0.3 is 0 Å². The maximum absolute atomic E-state index is 11.5. The van der Waals surface area contributed by atoms with Gasteiger partial charge in [-0.3, -0.25) is 4.99 Å². The van der Waals surface area contributed by atoms with Gasteiger partial charge in [0.05, 0.1) is 20.0 Å². The summed E-state index contributed by atoms with van der Waals surface area (Å²) in [5, 5.41) is 11.5. The van der Waals surface area contributed by atoms with Crippen molar-refractivity contribution in [3.8, 4) is 0 Å². The first-order valence-corrected chi connectivity index (χ1v) is 4.39. The van der Waals surface area contributed by atoms with Gasteiger partial charge in [-0.05, 0) is 6.42 Å². The molecule has 72 valence electrons. The van der Waals surface area contributed by atoms with Gasteiger partial charge < -0.3 is 5.11 Å². The quantitative estimate of drug-likeness (QED) is 0.348. The third kappa shape index (κ3) is 2.08. The Morgan fingerprint density at radius 2 is 2.38 bits per heavy atom. The monoisotopic (exact) mass is 181 g/mol. The van der Waals surface area contributed by atoms with Crippen LogP contribution in [0.15, 0.2) is 17.4 Å². The summed E-state index contributed by atoms with van der Waals surface area (Å²) in [7, 11) is 3.68. The predicted molar refractivity (Wildman–Crippen MR) is 48.3 cm³/mol. The van der Waals surface area contributed by atoms with Crippen LogP contribution in [-0.2, 0) is 14.1 Å². The van der Waals surface area contributed by atoms with Gasteiger partial charge in [0.1, 0.15) is 12.4 Å². The summed E-state index contributed by atoms with van der Waals surface area (Å²) >= 11 is 0. The van der Waals surface area contributed by atoms with Gasteiger partial charge in [0.2, 0.25) is 0 Å². The van der Waals surface area contributed by atoms with Gasteiger partial charge in [0.15, 0.2) is 0 Å². The maximum Gasteiger partial charge on any atom is 0.291 e. The van der Waals surface area contributed by atoms with E-state index < -0.39 is 0 Å². The number of rotatable bonds is 3. The highest BCUT2D eigenvalue weighted by molar-refractivity contribution is 5.85. The van der Waals surface area contributed by atoms with E-state index in [0.717, 1.165) is 6.42 Å². The van der Waals surface area contributed by atoms with E-state index in [0.29, 0.717) is 12.4 Å². The minimum Gasteiger partial charge on any atom is -0.853 e. The van der Waals surface area contributed by atoms with Crippen LogP contribution in [0, 0.1) is 0 Å². The Hall–Kier alpha value is -1.32. The number of nitrogens with zero attached hydrogens (tertiary/aromatic N) is 3. The van der Waals surface area contributed by atoms with Crippen LogP contribution in [0.2, 0.25) is 0 Å². The van der Waals surface area contributed by atoms with Gasteiger partial charge in [0, 0.05) is 6.54 Å². The number of imidazole rings is 1. The van der Waals surface area contributed by atoms with E-state index in [1.807, 2.05) is 33.4 Å². The van der Waals surface area contributed by atoms with Gasteiger partial charge in [-0.25, -0.2) is 9.13 Å². The Labute approximate surface area is 78.2 Å². The van der Waals surface area contributed by atoms with E-state index >= 15 is 0 Å². The minimum absolute atomic E-state index is 0.142. The molecule has 1 heterocycles. The molecule has 0 unspecified atom stereocenters. The highest BCUT2D eigenvalue weighted by Gasteiger charge is 2.10. The zero-order chi connectivity index (χ0) is 9.84. The first kappa shape index (κ1) is 9.77. The van der Waals surface area contributed by atoms with E-state index in [1.54, 1.807) is 9.13 Å². The molecule has 4 nitrogen and oxygen atoms in total. The van der Waals surface area contributed by atoms with Crippen LogP contribution in [0.1, 0.15) is 19.2 Å². The van der Waals surface area contributed by atoms with Crippen LogP contribution in [-0.4, -0.2) is 17.0 Å². The third-order valence-electron chi connectivity index (χ3n) is 1.85. The molecule has 0 aliphatic rings. The van der Waals surface area contributed by atoms with Crippen molar-refractivity contribution in [2.24, 2.45) is 19.1 Å². The Morgan fingerprint density at radius 1 is 1.69 bits per heavy atom. The van der Waals surface area contributed by atoms with Crippen molar-refractivity contribution >= 4 is 5.90 Å². The summed E-state index contributed by atoms with van der Waals surface area (Å²) in [6.45, 7) is 2.60. The van der Waals surface area contributed by atoms with Gasteiger partial charge in [-0.1, -0.05) is 6.92 Å². The summed E-state index contributed by atoms with van der Waals surface area (Å²) in [6.07, 6.45) is 4.59. The number of aryl methyl sites for hydroxylation is 2. The summed E-state index contributed by atoms with van der Waals surface area (Å²) in [5.74, 6) is 0.477. The average Bonchev–Trinajstić information content (AvgIpc) is 2.42. The number of hydrogen-bond acceptors (Lipinski definition) is 2. The van der Waals surface area contributed by atoms with E-state index in [-0.39, 0.29) is 5.90 Å². The molecule has 13 heavy (non-hydrogen) atoms. The van der Waals surface area contributed by atoms with Crippen molar-refractivity contribution in [3.05, 3.63) is 18.2 Å². The molecule has 0 bridgehead atoms. The van der Waals surface area contributed by atoms with E-state index in [1.165, 1.54) is 0 Å². The average molecular weight is 181 g/mol. The maximum atomic E-state index is 11.5. The summed E-state index contributed by atoms with van der Waals surface area (Å²) in [4.78, 5) is 3.93. The molecule has 1 rings (SSSR count). The fourth-order valence-corrected chi connectivity index (χ4v) is 1.18. The highest BCUT2D eigenvalue weighted by Crippen LogP contribution is 1.91. The van der Waals surface area contributed by atoms with Gasteiger partial charge in [-0.2, -0.15) is 0 Å². The second-order valence-electron chi connectivity index (χ2n) is 3.03. The van der Waals surface area contributed by atoms with Crippen molar-refractivity contribution in [3.63, 3.8) is 0 Å². The predicted octanol–water partition coefficient (Wildman–Crippen LogP) is -0.633. The Bertz CT molecular complexity index is 295. The summed E-state index contributed by atoms with van der Waals surface area (Å²) < 4.78 is 3.56. The highest BCUT2D eigenvalue weighted by atomic mass is 16.3. The Morgan fingerprint density at radius 3 is 2.85 bits per heavy atom. The molecule has 0 spiro atoms. The zero-order valence-corrected chi connectivity index (χ0v) is 8.32. The molecule has 0 aliphatic heterocycles. The molecule has 0 fully saturated rings. The topological polar surface area (TPSA) is 44.2 Å². The molecule has 0 atom stereocenters. The van der Waals surface area contributed by atoms with Gasteiger partial charge in [-0.15, -0.1) is 0 Å². The fourth-order valence-electron chi connectivity index (χ4n) is 1.18. The zero-order valence-electron chi connectivity index (χ0n) is 8.32. The molecule has 4 heteroatoms. The SMILES string of the molecule is CCCN=C([O-])c1n(C)cc[n+]1C. The van der Waals surface area contributed by atoms with Crippen molar-refractivity contribution in [1.29, 1.82) is 0 Å². The molecular weight excluding hydrogens is 166 g/mol. The minimum atomic E-state index is -0.142. The van der Waals surface area contributed by atoms with Crippen LogP contribution in [0.25, 0.3) is 0 Å². The normalized spacial score (nSPS) is 12.1. The smallest absolute Gasteiger partial charge is 0.291 e. The van der Waals surface area contributed by atoms with Crippen LogP contribution in [0.5, 0.6) is 0 Å². The van der Waals surface area contributed by atoms with Crippen molar-refractivity contribution in [2.45, 2.75) is 13.3 Å². The number of aromatic nitrogens is 2. The Balaban J connectivity index is 2.93. The van der Waals surface area contributed by atoms with Crippen molar-refractivity contribution < 1.29 is 9.67 Å². The second kappa shape index (κ2) is 4.07. The van der Waals surface area contributed by atoms with Crippen LogP contribution >= 0.6 is 0 Å². The largest absolute Gasteiger partial charge is 0.853 e. The fraction of sp³-hybridized carbons (Fsp3) is 0.556. The summed E-state index contributed by atoms with van der Waals surface area (Å²) in [5.41, 5.74) is 0. The summed E-state index contributed by atoms with van der Waals surface area (Å²) in [6, 6.07) is 0. The van der Waals surface area contributed by atoms with Crippen LogP contribution in [0.4, 0.5) is 0 Å². The lowest BCUT2D eigenvalue weighted by atomic mass is 10.5. The van der Waals surface area contributed by atoms with E-state index in [4.69, 9.17) is 0 Å². The molecule has 1 aromatic heterocycles. The molecular formula is C9H15N3O. The lowest BCUT2D eigenvalue weighted by Gasteiger charge is -2.06. The number of aliphatic imine (C=N–C) groups is 1. The second-order valence-corrected chi connectivity index (χ2v) is 3.03. The van der Waals surface area contributed by atoms with E-state index in [9.17, 15) is 5.11 Å². The van der Waals surface area contributed by atoms with Crippen molar-refractivity contribution in [2.75, 3.05) is 6.54 Å². The molecule has 0 aliphatic carbocycles. The Kier molecular flexibility index (Phi) is 3.06.